The number of carbonyl (C=O) groups is 1. The summed E-state index contributed by atoms with van der Waals surface area (Å²) in [6, 6.07) is 3.25. The molecule has 12 heteroatoms. The van der Waals surface area contributed by atoms with E-state index in [0.29, 0.717) is 52.9 Å². The number of hydrogen-bond donors (Lipinski definition) is 1. The summed E-state index contributed by atoms with van der Waals surface area (Å²) < 4.78 is 44.0. The van der Waals surface area contributed by atoms with Gasteiger partial charge in [-0.15, -0.1) is 11.3 Å². The molecule has 1 amide bonds. The van der Waals surface area contributed by atoms with Crippen LogP contribution in [0.2, 0.25) is 0 Å². The average molecular weight is 577 g/mol. The maximum absolute atomic E-state index is 14.2. The van der Waals surface area contributed by atoms with E-state index in [1.54, 1.807) is 34.2 Å². The van der Waals surface area contributed by atoms with Gasteiger partial charge in [-0.1, -0.05) is 6.58 Å². The number of nitrogens with one attached hydrogen (secondary N) is 1. The van der Waals surface area contributed by atoms with Gasteiger partial charge >= 0.3 is 6.09 Å². The molecule has 0 radical (unpaired) electrons. The number of pyridine rings is 1. The topological polar surface area (TPSA) is 98.7 Å². The fraction of sp³-hybridized carbons (Fsp3) is 0.393. The standard InChI is InChI=1S/C23H24F2N4O3S.C5H10O2/c1-13-11-29-15(12-28(13)22(31)32-23(2,3)4)10-18(27-29)19-17(9-14(25)5-7-24)20-16(6-8-33-20)21(30)26-19;1-3-7-5-4-6-2/h5-10,13H,11-12H2,1-4H3,(H,26,30);3H,1,4-5H2,2H3/b7-5+,14-9?;. The number of nitrogens with zero attached hydrogens (tertiary/aromatic N) is 3. The van der Waals surface area contributed by atoms with Gasteiger partial charge in [-0.25, -0.2) is 13.6 Å². The van der Waals surface area contributed by atoms with E-state index in [9.17, 15) is 18.4 Å². The number of ether oxygens (including phenoxy) is 3. The lowest BCUT2D eigenvalue weighted by Crippen LogP contribution is -2.46. The van der Waals surface area contributed by atoms with Crippen LogP contribution in [0.25, 0.3) is 27.6 Å². The van der Waals surface area contributed by atoms with Gasteiger partial charge in [-0.3, -0.25) is 14.4 Å². The summed E-state index contributed by atoms with van der Waals surface area (Å²) in [7, 11) is 1.63. The highest BCUT2D eigenvalue weighted by Crippen LogP contribution is 2.33. The SMILES string of the molecule is C=COCCOC.CC1Cn2nc(-c3[nH]c(=O)c4ccsc4c3C=C(F)/C=C/F)cc2CN1C(=O)OC(C)(C)C. The third-order valence-corrected chi connectivity index (χ3v) is 6.69. The Morgan fingerprint density at radius 2 is 2.10 bits per heavy atom. The number of thiophene rings is 1. The van der Waals surface area contributed by atoms with Crippen molar-refractivity contribution in [3.63, 3.8) is 0 Å². The predicted octanol–water partition coefficient (Wildman–Crippen LogP) is 6.18. The number of carbonyl (C=O) groups excluding carboxylic acids is 1. The molecule has 40 heavy (non-hydrogen) atoms. The summed E-state index contributed by atoms with van der Waals surface area (Å²) in [5, 5.41) is 6.77. The third kappa shape index (κ3) is 7.66. The third-order valence-electron chi connectivity index (χ3n) is 5.74. The van der Waals surface area contributed by atoms with E-state index in [1.807, 2.05) is 27.7 Å². The first-order chi connectivity index (χ1) is 19.0. The van der Waals surface area contributed by atoms with Gasteiger partial charge in [0, 0.05) is 23.4 Å². The molecule has 0 saturated carbocycles. The Balaban J connectivity index is 0.000000559. The first-order valence-corrected chi connectivity index (χ1v) is 13.4. The Kier molecular flexibility index (Phi) is 10.4. The van der Waals surface area contributed by atoms with E-state index >= 15 is 0 Å². The minimum absolute atomic E-state index is 0.116. The van der Waals surface area contributed by atoms with Gasteiger partial charge in [0.05, 0.1) is 55.1 Å². The first kappa shape index (κ1) is 30.8. The number of hydrogen-bond acceptors (Lipinski definition) is 7. The summed E-state index contributed by atoms with van der Waals surface area (Å²) in [4.78, 5) is 29.7. The lowest BCUT2D eigenvalue weighted by molar-refractivity contribution is 0.00907. The van der Waals surface area contributed by atoms with Crippen molar-refractivity contribution in [2.75, 3.05) is 20.3 Å². The number of amides is 1. The number of fused-ring (bicyclic) bond motifs is 2. The molecular weight excluding hydrogens is 542 g/mol. The Hall–Kier alpha value is -3.77. The van der Waals surface area contributed by atoms with Gasteiger partial charge in [0.25, 0.3) is 5.56 Å². The number of methoxy groups -OCH3 is 1. The van der Waals surface area contributed by atoms with E-state index in [4.69, 9.17) is 9.47 Å². The lowest BCUT2D eigenvalue weighted by Gasteiger charge is -2.35. The highest BCUT2D eigenvalue weighted by molar-refractivity contribution is 7.17. The summed E-state index contributed by atoms with van der Waals surface area (Å²) >= 11 is 1.29. The van der Waals surface area contributed by atoms with Crippen LogP contribution in [-0.4, -0.2) is 57.7 Å². The number of aromatic nitrogens is 3. The van der Waals surface area contributed by atoms with Crippen molar-refractivity contribution in [1.29, 1.82) is 0 Å². The molecule has 0 aromatic carbocycles. The highest BCUT2D eigenvalue weighted by atomic mass is 32.1. The molecule has 3 aromatic heterocycles. The monoisotopic (exact) mass is 576 g/mol. The van der Waals surface area contributed by atoms with Crippen molar-refractivity contribution in [1.82, 2.24) is 19.7 Å². The normalized spacial score (nSPS) is 15.5. The zero-order valence-electron chi connectivity index (χ0n) is 23.2. The molecule has 0 bridgehead atoms. The van der Waals surface area contributed by atoms with Crippen molar-refractivity contribution in [3.05, 3.63) is 70.2 Å². The van der Waals surface area contributed by atoms with Crippen molar-refractivity contribution >= 4 is 33.6 Å². The molecule has 3 aromatic rings. The van der Waals surface area contributed by atoms with Crippen LogP contribution in [0.15, 0.2) is 53.4 Å². The number of halogens is 2. The van der Waals surface area contributed by atoms with Crippen molar-refractivity contribution in [2.24, 2.45) is 0 Å². The van der Waals surface area contributed by atoms with Crippen LogP contribution < -0.4 is 5.56 Å². The molecule has 0 spiro atoms. The quantitative estimate of drug-likeness (QED) is 0.205. The molecule has 1 aliphatic rings. The van der Waals surface area contributed by atoms with Crippen LogP contribution in [0.1, 0.15) is 39.0 Å². The van der Waals surface area contributed by atoms with Gasteiger partial charge in [0.15, 0.2) is 0 Å². The Morgan fingerprint density at radius 3 is 2.75 bits per heavy atom. The van der Waals surface area contributed by atoms with Gasteiger partial charge in [0.1, 0.15) is 23.7 Å². The second kappa shape index (κ2) is 13.5. The van der Waals surface area contributed by atoms with E-state index in [1.165, 1.54) is 23.7 Å². The number of allylic oxidation sites excluding steroid dienone is 2. The number of rotatable bonds is 7. The van der Waals surface area contributed by atoms with Crippen LogP contribution >= 0.6 is 11.3 Å². The molecule has 1 N–H and O–H groups in total. The molecule has 0 fully saturated rings. The van der Waals surface area contributed by atoms with Gasteiger partial charge in [-0.2, -0.15) is 5.10 Å². The molecular formula is C28H34F2N4O5S. The van der Waals surface area contributed by atoms with Gasteiger partial charge in [-0.05, 0) is 51.3 Å². The largest absolute Gasteiger partial charge is 0.499 e. The Morgan fingerprint density at radius 1 is 1.35 bits per heavy atom. The van der Waals surface area contributed by atoms with Crippen LogP contribution in [0.3, 0.4) is 0 Å². The first-order valence-electron chi connectivity index (χ1n) is 12.5. The molecule has 1 aliphatic heterocycles. The average Bonchev–Trinajstić information content (AvgIpc) is 3.52. The summed E-state index contributed by atoms with van der Waals surface area (Å²) in [6.45, 7) is 12.6. The van der Waals surface area contributed by atoms with Gasteiger partial charge < -0.3 is 19.2 Å². The van der Waals surface area contributed by atoms with Crippen LogP contribution in [0, 0.1) is 0 Å². The van der Waals surface area contributed by atoms with E-state index in [-0.39, 0.29) is 24.5 Å². The fourth-order valence-electron chi connectivity index (χ4n) is 3.97. The van der Waals surface area contributed by atoms with E-state index in [2.05, 4.69) is 21.4 Å². The fourth-order valence-corrected chi connectivity index (χ4v) is 4.88. The van der Waals surface area contributed by atoms with Crippen molar-refractivity contribution < 1.29 is 27.8 Å². The minimum atomic E-state index is -0.797. The molecule has 0 aliphatic carbocycles. The smallest absolute Gasteiger partial charge is 0.410 e. The van der Waals surface area contributed by atoms with E-state index < -0.39 is 17.5 Å². The molecule has 1 unspecified atom stereocenters. The Labute approximate surface area is 235 Å². The Bertz CT molecular complexity index is 1450. The van der Waals surface area contributed by atoms with Crippen LogP contribution in [-0.2, 0) is 27.3 Å². The van der Waals surface area contributed by atoms with E-state index in [0.717, 1.165) is 5.69 Å². The zero-order valence-corrected chi connectivity index (χ0v) is 24.0. The van der Waals surface area contributed by atoms with Crippen molar-refractivity contribution in [3.8, 4) is 11.4 Å². The van der Waals surface area contributed by atoms with Gasteiger partial charge in [0.2, 0.25) is 0 Å². The molecule has 4 rings (SSSR count). The van der Waals surface area contributed by atoms with Crippen molar-refractivity contribution in [2.45, 2.75) is 52.4 Å². The van der Waals surface area contributed by atoms with Crippen LogP contribution in [0.4, 0.5) is 13.6 Å². The molecule has 1 atom stereocenters. The molecule has 216 valence electrons. The number of H-pyrrole nitrogens is 1. The predicted molar refractivity (Wildman–Crippen MR) is 152 cm³/mol. The molecule has 0 saturated heterocycles. The summed E-state index contributed by atoms with van der Waals surface area (Å²) in [5.74, 6) is -0.797. The summed E-state index contributed by atoms with van der Waals surface area (Å²) in [5.41, 5.74) is 0.973. The summed E-state index contributed by atoms with van der Waals surface area (Å²) in [6.07, 6.45) is 2.98. The molecule has 9 nitrogen and oxygen atoms in total. The molecule has 4 heterocycles. The van der Waals surface area contributed by atoms with Crippen LogP contribution in [0.5, 0.6) is 0 Å². The second-order valence-corrected chi connectivity index (χ2v) is 10.8. The minimum Gasteiger partial charge on any atom is -0.499 e. The zero-order chi connectivity index (χ0) is 29.4. The maximum atomic E-state index is 14.2. The highest BCUT2D eigenvalue weighted by Gasteiger charge is 2.32. The second-order valence-electron chi connectivity index (χ2n) is 9.92. The number of aromatic amines is 1. The lowest BCUT2D eigenvalue weighted by atomic mass is 10.1. The maximum Gasteiger partial charge on any atom is 0.410 e.